The molecule has 262 valence electrons. The highest BCUT2D eigenvalue weighted by Gasteiger charge is 2.59. The van der Waals surface area contributed by atoms with Crippen LogP contribution in [-0.2, 0) is 20.2 Å². The van der Waals surface area contributed by atoms with Crippen molar-refractivity contribution in [2.24, 2.45) is 29.1 Å². The van der Waals surface area contributed by atoms with Crippen LogP contribution in [0.2, 0.25) is 0 Å². The Bertz CT molecular complexity index is 1600. The molecule has 12 heteroatoms. The van der Waals surface area contributed by atoms with E-state index >= 15 is 8.78 Å². The Morgan fingerprint density at radius 3 is 2.56 bits per heavy atom. The summed E-state index contributed by atoms with van der Waals surface area (Å²) >= 11 is 0. The minimum Gasteiger partial charge on any atom is -0.497 e. The van der Waals surface area contributed by atoms with Crippen molar-refractivity contribution in [2.45, 2.75) is 116 Å². The average molecular weight is 671 g/mol. The van der Waals surface area contributed by atoms with Crippen molar-refractivity contribution in [1.82, 2.24) is 20.2 Å². The van der Waals surface area contributed by atoms with Crippen LogP contribution in [0, 0.1) is 29.1 Å². The molecule has 1 saturated heterocycles. The fraction of sp³-hybridized carbons (Fsp3) is 0.694. The first kappa shape index (κ1) is 34.3. The molecule has 2 amide bonds. The number of amides is 2. The first-order valence-electron chi connectivity index (χ1n) is 17.3. The predicted molar refractivity (Wildman–Crippen MR) is 174 cm³/mol. The molecular formula is C36H48F2N4O6. The van der Waals surface area contributed by atoms with E-state index in [0.29, 0.717) is 43.4 Å². The number of alkyl carbamates (subject to hydrolysis) is 1. The summed E-state index contributed by atoms with van der Waals surface area (Å²) in [6, 6.07) is 2.96. The third kappa shape index (κ3) is 6.19. The maximum absolute atomic E-state index is 16.6. The van der Waals surface area contributed by atoms with Gasteiger partial charge in [-0.2, -0.15) is 8.78 Å². The molecule has 48 heavy (non-hydrogen) atoms. The van der Waals surface area contributed by atoms with Gasteiger partial charge in [-0.15, -0.1) is 0 Å². The molecule has 6 rings (SSSR count). The zero-order valence-corrected chi connectivity index (χ0v) is 29.0. The van der Waals surface area contributed by atoms with Crippen molar-refractivity contribution < 1.29 is 37.4 Å². The van der Waals surface area contributed by atoms with Gasteiger partial charge in [0.1, 0.15) is 23.5 Å². The lowest BCUT2D eigenvalue weighted by Crippen LogP contribution is -2.58. The topological polar surface area (TPSA) is 120 Å². The number of halogens is 2. The molecular weight excluding hydrogens is 622 g/mol. The van der Waals surface area contributed by atoms with E-state index in [2.05, 4.69) is 15.3 Å². The molecule has 2 aliphatic heterocycles. The van der Waals surface area contributed by atoms with Gasteiger partial charge in [0, 0.05) is 17.9 Å². The number of hydrogen-bond donors (Lipinski definition) is 1. The number of Topliss-reactive ketones (excluding diaryl/α,β-unsaturated/α-hetero) is 1. The summed E-state index contributed by atoms with van der Waals surface area (Å²) in [6.45, 7) is 10.6. The van der Waals surface area contributed by atoms with Gasteiger partial charge in [0.05, 0.1) is 30.7 Å². The maximum atomic E-state index is 16.6. The number of carbonyl (C=O) groups is 3. The van der Waals surface area contributed by atoms with Crippen molar-refractivity contribution >= 4 is 28.8 Å². The highest BCUT2D eigenvalue weighted by Crippen LogP contribution is 2.58. The Kier molecular flexibility index (Phi) is 8.86. The minimum atomic E-state index is -3.34. The van der Waals surface area contributed by atoms with Crippen LogP contribution in [0.1, 0.15) is 92.2 Å². The van der Waals surface area contributed by atoms with E-state index in [1.165, 1.54) is 18.9 Å². The van der Waals surface area contributed by atoms with Crippen molar-refractivity contribution in [1.29, 1.82) is 0 Å². The lowest BCUT2D eigenvalue weighted by Gasteiger charge is -2.37. The van der Waals surface area contributed by atoms with Gasteiger partial charge in [-0.05, 0) is 88.2 Å². The van der Waals surface area contributed by atoms with Crippen LogP contribution in [0.5, 0.6) is 11.6 Å². The van der Waals surface area contributed by atoms with E-state index in [4.69, 9.17) is 14.2 Å². The first-order chi connectivity index (χ1) is 22.6. The molecule has 4 aliphatic rings. The molecule has 2 aromatic rings. The second kappa shape index (κ2) is 12.4. The number of nitrogens with zero attached hydrogens (tertiary/aromatic N) is 3. The zero-order chi connectivity index (χ0) is 34.8. The molecule has 2 saturated carbocycles. The number of carbonyl (C=O) groups excluding carboxylic acids is 3. The molecule has 1 N–H and O–H groups in total. The van der Waals surface area contributed by atoms with Gasteiger partial charge < -0.3 is 24.4 Å². The smallest absolute Gasteiger partial charge is 0.408 e. The number of methoxy groups -OCH3 is 1. The van der Waals surface area contributed by atoms with Gasteiger partial charge in [-0.25, -0.2) is 14.8 Å². The van der Waals surface area contributed by atoms with Crippen molar-refractivity contribution in [2.75, 3.05) is 13.7 Å². The highest BCUT2D eigenvalue weighted by atomic mass is 19.3. The standard InChI is InChI=1S/C36H48F2N4O6/c1-8-23-27-18-42(28(23)19(2)43)32(44)30(34(3,4)5)41-33(45)48-35(6)15-9-10-21(35)12-11-20-16-24(20)36(37,38)29-31(47-27)40-26-17-22(46-7)13-14-25(26)39-29/h13-14,17,20-21,23-24,27-28,30H,8-12,15-16,18H2,1-7H3,(H,41,45)/t20?,21-,23+,24?,27-,28+,30+,35+/m0/s1. The van der Waals surface area contributed by atoms with Crippen LogP contribution < -0.4 is 14.8 Å². The summed E-state index contributed by atoms with van der Waals surface area (Å²) in [6.07, 6.45) is 2.78. The minimum absolute atomic E-state index is 0.00174. The Morgan fingerprint density at radius 1 is 1.15 bits per heavy atom. The third-order valence-electron chi connectivity index (χ3n) is 11.2. The van der Waals surface area contributed by atoms with Crippen LogP contribution in [0.4, 0.5) is 13.6 Å². The van der Waals surface area contributed by atoms with Crippen LogP contribution in [0.15, 0.2) is 18.2 Å². The molecule has 0 radical (unpaired) electrons. The van der Waals surface area contributed by atoms with Gasteiger partial charge in [0.25, 0.3) is 5.92 Å². The zero-order valence-electron chi connectivity index (χ0n) is 29.0. The van der Waals surface area contributed by atoms with E-state index in [9.17, 15) is 14.4 Å². The molecule has 2 aliphatic carbocycles. The second-order valence-electron chi connectivity index (χ2n) is 15.5. The van der Waals surface area contributed by atoms with Crippen LogP contribution in [-0.4, -0.2) is 70.1 Å². The molecule has 3 heterocycles. The second-order valence-corrected chi connectivity index (χ2v) is 15.5. The summed E-state index contributed by atoms with van der Waals surface area (Å²) < 4.78 is 51.0. The lowest BCUT2D eigenvalue weighted by atomic mass is 9.85. The van der Waals surface area contributed by atoms with E-state index in [1.807, 2.05) is 34.6 Å². The molecule has 2 unspecified atom stereocenters. The molecule has 8 atom stereocenters. The summed E-state index contributed by atoms with van der Waals surface area (Å²) in [5.74, 6) is -5.55. The number of ether oxygens (including phenoxy) is 3. The number of rotatable bonds is 3. The quantitative estimate of drug-likeness (QED) is 0.397. The number of fused-ring (bicyclic) bond motifs is 6. The van der Waals surface area contributed by atoms with Crippen LogP contribution >= 0.6 is 0 Å². The summed E-state index contributed by atoms with van der Waals surface area (Å²) in [5.41, 5.74) is -1.43. The van der Waals surface area contributed by atoms with Gasteiger partial charge in [-0.1, -0.05) is 27.7 Å². The largest absolute Gasteiger partial charge is 0.497 e. The van der Waals surface area contributed by atoms with E-state index in [-0.39, 0.29) is 35.6 Å². The Morgan fingerprint density at radius 2 is 1.90 bits per heavy atom. The van der Waals surface area contributed by atoms with Crippen LogP contribution in [0.25, 0.3) is 11.0 Å². The number of nitrogens with one attached hydrogen (secondary N) is 1. The fourth-order valence-electron chi connectivity index (χ4n) is 8.39. The average Bonchev–Trinajstić information content (AvgIpc) is 3.60. The SMILES string of the molecule is CC[C@@H]1[C@@H]2CN(C(=O)[C@H](C(C)(C)C)NC(=O)O[C@]3(C)CCC[C@H]3CCC3CC3C(F)(F)c3nc4ccc(OC)cc4nc3O2)[C@@H]1C(C)=O. The molecule has 1 aromatic heterocycles. The number of ketones is 1. The molecule has 0 spiro atoms. The number of aromatic nitrogens is 2. The predicted octanol–water partition coefficient (Wildman–Crippen LogP) is 6.43. The van der Waals surface area contributed by atoms with Gasteiger partial charge >= 0.3 is 6.09 Å². The van der Waals surface area contributed by atoms with E-state index < -0.39 is 64.7 Å². The van der Waals surface area contributed by atoms with Crippen molar-refractivity contribution in [3.05, 3.63) is 23.9 Å². The van der Waals surface area contributed by atoms with Crippen molar-refractivity contribution in [3.63, 3.8) is 0 Å². The number of hydrogen-bond acceptors (Lipinski definition) is 8. The van der Waals surface area contributed by atoms with Gasteiger partial charge in [-0.3, -0.25) is 9.59 Å². The summed E-state index contributed by atoms with van der Waals surface area (Å²) in [7, 11) is 1.51. The molecule has 3 fully saturated rings. The summed E-state index contributed by atoms with van der Waals surface area (Å²) in [5, 5.41) is 2.86. The third-order valence-corrected chi connectivity index (χ3v) is 11.2. The van der Waals surface area contributed by atoms with E-state index in [1.54, 1.807) is 18.2 Å². The monoisotopic (exact) mass is 670 g/mol. The fourth-order valence-corrected chi connectivity index (χ4v) is 8.39. The summed E-state index contributed by atoms with van der Waals surface area (Å²) in [4.78, 5) is 51.6. The first-order valence-corrected chi connectivity index (χ1v) is 17.3. The normalized spacial score (nSPS) is 33.7. The molecule has 10 nitrogen and oxygen atoms in total. The molecule has 2 bridgehead atoms. The van der Waals surface area contributed by atoms with Gasteiger partial charge in [0.2, 0.25) is 11.8 Å². The Labute approximate surface area is 280 Å². The van der Waals surface area contributed by atoms with E-state index in [0.717, 1.165) is 12.8 Å². The lowest BCUT2D eigenvalue weighted by molar-refractivity contribution is -0.141. The number of alkyl halides is 2. The maximum Gasteiger partial charge on any atom is 0.408 e. The number of benzene rings is 1. The molecule has 1 aromatic carbocycles. The highest BCUT2D eigenvalue weighted by molar-refractivity contribution is 5.92. The Balaban J connectivity index is 1.46. The van der Waals surface area contributed by atoms with Gasteiger partial charge in [0.15, 0.2) is 11.5 Å². The van der Waals surface area contributed by atoms with Crippen LogP contribution in [0.3, 0.4) is 0 Å². The van der Waals surface area contributed by atoms with Crippen molar-refractivity contribution in [3.8, 4) is 11.6 Å². The Hall–Kier alpha value is -3.57.